The molecule has 8 nitrogen and oxygen atoms in total. The molecular formula is C24H25N5O3S2. The van der Waals surface area contributed by atoms with Gasteiger partial charge < -0.3 is 14.6 Å². The summed E-state index contributed by atoms with van der Waals surface area (Å²) in [6.07, 6.45) is 2.80. The minimum absolute atomic E-state index is 0.111. The molecule has 0 atom stereocenters. The molecule has 0 aliphatic heterocycles. The number of benzene rings is 1. The van der Waals surface area contributed by atoms with Crippen molar-refractivity contribution in [2.75, 3.05) is 17.7 Å². The molecular weight excluding hydrogens is 470 g/mol. The number of nitrogens with one attached hydrogen (secondary N) is 1. The van der Waals surface area contributed by atoms with E-state index < -0.39 is 0 Å². The van der Waals surface area contributed by atoms with Gasteiger partial charge in [0.1, 0.15) is 10.5 Å². The highest BCUT2D eigenvalue weighted by Gasteiger charge is 2.28. The molecule has 34 heavy (non-hydrogen) atoms. The van der Waals surface area contributed by atoms with Gasteiger partial charge in [-0.05, 0) is 51.7 Å². The van der Waals surface area contributed by atoms with Crippen molar-refractivity contribution in [3.05, 3.63) is 40.3 Å². The van der Waals surface area contributed by atoms with E-state index in [0.29, 0.717) is 22.3 Å². The molecule has 0 saturated carbocycles. The number of hydrogen-bond acceptors (Lipinski definition) is 8. The average molecular weight is 496 g/mol. The van der Waals surface area contributed by atoms with Gasteiger partial charge in [-0.2, -0.15) is 0 Å². The fourth-order valence-corrected chi connectivity index (χ4v) is 6.31. The molecule has 1 aliphatic rings. The first-order valence-corrected chi connectivity index (χ1v) is 13.2. The van der Waals surface area contributed by atoms with E-state index in [2.05, 4.69) is 40.0 Å². The lowest BCUT2D eigenvalue weighted by Crippen LogP contribution is -2.17. The van der Waals surface area contributed by atoms with Crippen LogP contribution in [-0.2, 0) is 22.4 Å². The van der Waals surface area contributed by atoms with Gasteiger partial charge in [-0.3, -0.25) is 4.79 Å². The Balaban J connectivity index is 1.35. The van der Waals surface area contributed by atoms with Crippen LogP contribution < -0.4 is 5.32 Å². The van der Waals surface area contributed by atoms with Crippen LogP contribution in [0.3, 0.4) is 0 Å². The first kappa shape index (κ1) is 22.8. The molecule has 0 spiro atoms. The number of anilines is 1. The van der Waals surface area contributed by atoms with Crippen LogP contribution in [0.15, 0.2) is 29.4 Å². The number of thioether (sulfide) groups is 1. The molecule has 4 aromatic rings. The fraction of sp³-hybridized carbons (Fsp3) is 0.375. The minimum Gasteiger partial charge on any atom is -0.462 e. The molecule has 1 aliphatic carbocycles. The summed E-state index contributed by atoms with van der Waals surface area (Å²) in [7, 11) is 0. The Morgan fingerprint density at radius 3 is 2.85 bits per heavy atom. The monoisotopic (exact) mass is 495 g/mol. The molecule has 1 amide bonds. The summed E-state index contributed by atoms with van der Waals surface area (Å²) < 4.78 is 7.38. The van der Waals surface area contributed by atoms with Crippen molar-refractivity contribution in [2.45, 2.75) is 51.2 Å². The van der Waals surface area contributed by atoms with Gasteiger partial charge in [-0.25, -0.2) is 9.78 Å². The van der Waals surface area contributed by atoms with Crippen LogP contribution in [0, 0.1) is 0 Å². The Morgan fingerprint density at radius 2 is 2.06 bits per heavy atom. The zero-order valence-corrected chi connectivity index (χ0v) is 20.9. The number of carbonyl (C=O) groups excluding carboxylic acids is 2. The summed E-state index contributed by atoms with van der Waals surface area (Å²) in [5, 5.41) is 13.6. The molecule has 0 saturated heterocycles. The van der Waals surface area contributed by atoms with E-state index in [9.17, 15) is 9.59 Å². The third-order valence-electron chi connectivity index (χ3n) is 5.80. The second kappa shape index (κ2) is 9.34. The Bertz CT molecular complexity index is 1410. The fourth-order valence-electron chi connectivity index (χ4n) is 4.43. The SMILES string of the molecule is CCOC(=O)c1c(NC(=O)CSc2nnc3c4ccccc4n(C(C)C)c3n2)sc2c1CCC2. The van der Waals surface area contributed by atoms with Gasteiger partial charge >= 0.3 is 5.97 Å². The van der Waals surface area contributed by atoms with E-state index in [-0.39, 0.29) is 23.7 Å². The van der Waals surface area contributed by atoms with Crippen molar-refractivity contribution in [2.24, 2.45) is 0 Å². The second-order valence-corrected chi connectivity index (χ2v) is 10.4. The number of esters is 1. The normalized spacial score (nSPS) is 13.1. The highest BCUT2D eigenvalue weighted by atomic mass is 32.2. The number of aryl methyl sites for hydroxylation is 1. The van der Waals surface area contributed by atoms with Crippen LogP contribution in [0.2, 0.25) is 0 Å². The molecule has 5 rings (SSSR count). The number of nitrogens with zero attached hydrogens (tertiary/aromatic N) is 4. The molecule has 1 N–H and O–H groups in total. The summed E-state index contributed by atoms with van der Waals surface area (Å²) >= 11 is 2.70. The van der Waals surface area contributed by atoms with Crippen LogP contribution in [0.1, 0.15) is 54.0 Å². The molecule has 0 unspecified atom stereocenters. The number of ether oxygens (including phenoxy) is 1. The summed E-state index contributed by atoms with van der Waals surface area (Å²) in [5.74, 6) is -0.479. The van der Waals surface area contributed by atoms with E-state index in [1.807, 2.05) is 18.2 Å². The molecule has 3 heterocycles. The summed E-state index contributed by atoms with van der Waals surface area (Å²) in [6, 6.07) is 8.25. The minimum atomic E-state index is -0.371. The number of carbonyl (C=O) groups is 2. The van der Waals surface area contributed by atoms with E-state index in [1.54, 1.807) is 6.92 Å². The number of hydrogen-bond donors (Lipinski definition) is 1. The van der Waals surface area contributed by atoms with Gasteiger partial charge in [0.2, 0.25) is 11.1 Å². The molecule has 176 valence electrons. The van der Waals surface area contributed by atoms with Crippen molar-refractivity contribution in [3.8, 4) is 0 Å². The standard InChI is InChI=1S/C24H25N5O3S2/c1-4-32-23(31)19-15-9-7-11-17(15)34-22(19)25-18(30)12-33-24-26-21-20(27-28-24)14-8-5-6-10-16(14)29(21)13(2)3/h5-6,8,10,13H,4,7,9,11-12H2,1-3H3,(H,25,30). The van der Waals surface area contributed by atoms with Gasteiger partial charge in [0.25, 0.3) is 0 Å². The molecule has 0 radical (unpaired) electrons. The molecule has 3 aromatic heterocycles. The Kier molecular flexibility index (Phi) is 6.26. The lowest BCUT2D eigenvalue weighted by atomic mass is 10.1. The highest BCUT2D eigenvalue weighted by Crippen LogP contribution is 2.39. The van der Waals surface area contributed by atoms with E-state index in [1.165, 1.54) is 23.1 Å². The Hall–Kier alpha value is -2.98. The van der Waals surface area contributed by atoms with Crippen molar-refractivity contribution in [3.63, 3.8) is 0 Å². The maximum absolute atomic E-state index is 12.8. The second-order valence-electron chi connectivity index (χ2n) is 8.37. The lowest BCUT2D eigenvalue weighted by Gasteiger charge is -2.10. The summed E-state index contributed by atoms with van der Waals surface area (Å²) in [6.45, 7) is 6.29. The van der Waals surface area contributed by atoms with Crippen molar-refractivity contribution in [1.29, 1.82) is 0 Å². The van der Waals surface area contributed by atoms with E-state index >= 15 is 0 Å². The average Bonchev–Trinajstić information content (AvgIpc) is 3.48. The summed E-state index contributed by atoms with van der Waals surface area (Å²) in [4.78, 5) is 31.2. The van der Waals surface area contributed by atoms with Crippen molar-refractivity contribution in [1.82, 2.24) is 19.7 Å². The summed E-state index contributed by atoms with van der Waals surface area (Å²) in [5.41, 5.74) is 4.11. The topological polar surface area (TPSA) is 99.0 Å². The third-order valence-corrected chi connectivity index (χ3v) is 7.84. The molecule has 10 heteroatoms. The number of para-hydroxylation sites is 1. The first-order valence-electron chi connectivity index (χ1n) is 11.4. The number of fused-ring (bicyclic) bond motifs is 4. The van der Waals surface area contributed by atoms with Crippen LogP contribution in [-0.4, -0.2) is 44.0 Å². The van der Waals surface area contributed by atoms with Gasteiger partial charge in [-0.15, -0.1) is 21.5 Å². The molecule has 1 aromatic carbocycles. The molecule has 0 bridgehead atoms. The van der Waals surface area contributed by atoms with Crippen molar-refractivity contribution < 1.29 is 14.3 Å². The number of thiophene rings is 1. The quantitative estimate of drug-likeness (QED) is 0.284. The maximum Gasteiger partial charge on any atom is 0.341 e. The van der Waals surface area contributed by atoms with Gasteiger partial charge in [-0.1, -0.05) is 30.0 Å². The van der Waals surface area contributed by atoms with Gasteiger partial charge in [0.15, 0.2) is 5.65 Å². The van der Waals surface area contributed by atoms with E-state index in [4.69, 9.17) is 9.72 Å². The smallest absolute Gasteiger partial charge is 0.341 e. The number of amides is 1. The van der Waals surface area contributed by atoms with Crippen LogP contribution >= 0.6 is 23.1 Å². The lowest BCUT2D eigenvalue weighted by molar-refractivity contribution is -0.113. The van der Waals surface area contributed by atoms with Crippen LogP contribution in [0.25, 0.3) is 22.1 Å². The van der Waals surface area contributed by atoms with Crippen LogP contribution in [0.5, 0.6) is 0 Å². The maximum atomic E-state index is 12.8. The van der Waals surface area contributed by atoms with Crippen LogP contribution in [0.4, 0.5) is 5.00 Å². The van der Waals surface area contributed by atoms with Gasteiger partial charge in [0.05, 0.1) is 23.4 Å². The van der Waals surface area contributed by atoms with Crippen molar-refractivity contribution >= 4 is 62.0 Å². The third kappa shape index (κ3) is 4.05. The Labute approximate surface area is 205 Å². The predicted molar refractivity (Wildman–Crippen MR) is 135 cm³/mol. The number of aromatic nitrogens is 4. The number of rotatable bonds is 7. The van der Waals surface area contributed by atoms with Gasteiger partial charge in [0, 0.05) is 16.3 Å². The zero-order valence-electron chi connectivity index (χ0n) is 19.3. The largest absolute Gasteiger partial charge is 0.462 e. The first-order chi connectivity index (χ1) is 16.5. The molecule has 0 fully saturated rings. The highest BCUT2D eigenvalue weighted by molar-refractivity contribution is 7.99. The Morgan fingerprint density at radius 1 is 1.24 bits per heavy atom. The predicted octanol–water partition coefficient (Wildman–Crippen LogP) is 5.02. The zero-order chi connectivity index (χ0) is 23.8. The van der Waals surface area contributed by atoms with E-state index in [0.717, 1.165) is 51.8 Å².